The second-order valence-electron chi connectivity index (χ2n) is 6.40. The monoisotopic (exact) mass is 355 g/mol. The molecule has 1 aliphatic heterocycles. The van der Waals surface area contributed by atoms with Crippen LogP contribution in [0.2, 0.25) is 0 Å². The summed E-state index contributed by atoms with van der Waals surface area (Å²) in [7, 11) is 1.66. The van der Waals surface area contributed by atoms with Gasteiger partial charge in [0.2, 0.25) is 0 Å². The fourth-order valence-corrected chi connectivity index (χ4v) is 4.73. The number of benzene rings is 1. The maximum absolute atomic E-state index is 13.3. The lowest BCUT2D eigenvalue weighted by Gasteiger charge is -2.34. The summed E-state index contributed by atoms with van der Waals surface area (Å²) in [4.78, 5) is 23.7. The zero-order valence-electron chi connectivity index (χ0n) is 14.4. The Morgan fingerprint density at radius 3 is 3.04 bits per heavy atom. The number of amides is 1. The van der Waals surface area contributed by atoms with Crippen LogP contribution in [0.5, 0.6) is 5.75 Å². The third kappa shape index (κ3) is 2.80. The number of carbonyl (C=O) groups is 1. The van der Waals surface area contributed by atoms with Crippen molar-refractivity contribution < 1.29 is 9.53 Å². The first-order valence-electron chi connectivity index (χ1n) is 8.56. The van der Waals surface area contributed by atoms with Crippen molar-refractivity contribution in [2.45, 2.75) is 32.2 Å². The second kappa shape index (κ2) is 6.52. The molecule has 5 nitrogen and oxygen atoms in total. The largest absolute Gasteiger partial charge is 0.497 e. The van der Waals surface area contributed by atoms with Crippen molar-refractivity contribution >= 4 is 27.3 Å². The smallest absolute Gasteiger partial charge is 0.264 e. The summed E-state index contributed by atoms with van der Waals surface area (Å²) in [5.74, 6) is 1.81. The summed E-state index contributed by atoms with van der Waals surface area (Å²) in [6.45, 7) is 2.80. The predicted octanol–water partition coefficient (Wildman–Crippen LogP) is 4.31. The molecule has 1 saturated heterocycles. The molecular formula is C19H21N3O2S. The first kappa shape index (κ1) is 16.1. The van der Waals surface area contributed by atoms with Crippen molar-refractivity contribution in [1.82, 2.24) is 14.9 Å². The van der Waals surface area contributed by atoms with Gasteiger partial charge in [-0.05, 0) is 55.3 Å². The summed E-state index contributed by atoms with van der Waals surface area (Å²) >= 11 is 1.57. The van der Waals surface area contributed by atoms with E-state index in [-0.39, 0.29) is 11.9 Å². The van der Waals surface area contributed by atoms with Crippen molar-refractivity contribution in [3.05, 3.63) is 46.9 Å². The quantitative estimate of drug-likeness (QED) is 0.762. The molecule has 4 rings (SSSR count). The molecule has 0 aliphatic carbocycles. The molecule has 0 saturated carbocycles. The van der Waals surface area contributed by atoms with Crippen LogP contribution >= 0.6 is 11.3 Å². The Kier molecular flexibility index (Phi) is 4.21. The number of aryl methyl sites for hydroxylation is 1. The predicted molar refractivity (Wildman–Crippen MR) is 99.3 cm³/mol. The van der Waals surface area contributed by atoms with Crippen molar-refractivity contribution in [2.24, 2.45) is 0 Å². The van der Waals surface area contributed by atoms with Crippen molar-refractivity contribution in [3.63, 3.8) is 0 Å². The molecule has 6 heteroatoms. The van der Waals surface area contributed by atoms with E-state index in [0.29, 0.717) is 0 Å². The van der Waals surface area contributed by atoms with Crippen LogP contribution in [0.4, 0.5) is 0 Å². The maximum Gasteiger partial charge on any atom is 0.264 e. The Bertz CT molecular complexity index is 901. The average molecular weight is 355 g/mol. The van der Waals surface area contributed by atoms with Gasteiger partial charge in [0.15, 0.2) is 0 Å². The summed E-state index contributed by atoms with van der Waals surface area (Å²) < 4.78 is 6.44. The molecular weight excluding hydrogens is 334 g/mol. The number of rotatable bonds is 3. The third-order valence-corrected chi connectivity index (χ3v) is 6.20. The number of imidazole rings is 1. The first-order valence-corrected chi connectivity index (χ1v) is 9.38. The molecule has 1 unspecified atom stereocenters. The van der Waals surface area contributed by atoms with Crippen LogP contribution in [0.1, 0.15) is 46.4 Å². The average Bonchev–Trinajstić information content (AvgIpc) is 3.29. The summed E-state index contributed by atoms with van der Waals surface area (Å²) in [6, 6.07) is 6.02. The molecule has 0 bridgehead atoms. The van der Waals surface area contributed by atoms with E-state index in [1.165, 1.54) is 0 Å². The minimum Gasteiger partial charge on any atom is -0.497 e. The van der Waals surface area contributed by atoms with Crippen molar-refractivity contribution in [2.75, 3.05) is 13.7 Å². The van der Waals surface area contributed by atoms with E-state index in [1.807, 2.05) is 36.2 Å². The highest BCUT2D eigenvalue weighted by atomic mass is 32.1. The number of nitrogens with one attached hydrogen (secondary N) is 1. The summed E-state index contributed by atoms with van der Waals surface area (Å²) in [5, 5.41) is 1.10. The number of carbonyl (C=O) groups excluding carboxylic acids is 1. The topological polar surface area (TPSA) is 58.2 Å². The van der Waals surface area contributed by atoms with Crippen LogP contribution in [-0.2, 0) is 0 Å². The number of hydrogen-bond donors (Lipinski definition) is 1. The molecule has 1 N–H and O–H groups in total. The van der Waals surface area contributed by atoms with E-state index < -0.39 is 0 Å². The fourth-order valence-electron chi connectivity index (χ4n) is 3.58. The number of ether oxygens (including phenoxy) is 1. The van der Waals surface area contributed by atoms with Gasteiger partial charge in [0.1, 0.15) is 11.6 Å². The van der Waals surface area contributed by atoms with E-state index in [2.05, 4.69) is 9.97 Å². The van der Waals surface area contributed by atoms with Crippen LogP contribution in [0.3, 0.4) is 0 Å². The molecule has 1 fully saturated rings. The highest BCUT2D eigenvalue weighted by Crippen LogP contribution is 2.37. The van der Waals surface area contributed by atoms with Gasteiger partial charge in [0.05, 0.1) is 18.0 Å². The van der Waals surface area contributed by atoms with Crippen LogP contribution in [0.25, 0.3) is 10.1 Å². The highest BCUT2D eigenvalue weighted by Gasteiger charge is 2.32. The molecule has 1 amide bonds. The molecule has 3 heterocycles. The fraction of sp³-hybridized carbons (Fsp3) is 0.368. The van der Waals surface area contributed by atoms with Gasteiger partial charge in [-0.2, -0.15) is 0 Å². The van der Waals surface area contributed by atoms with Gasteiger partial charge >= 0.3 is 0 Å². The number of methoxy groups -OCH3 is 1. The zero-order chi connectivity index (χ0) is 17.4. The van der Waals surface area contributed by atoms with Crippen LogP contribution in [0, 0.1) is 6.92 Å². The molecule has 3 aromatic rings. The number of piperidine rings is 1. The van der Waals surface area contributed by atoms with Gasteiger partial charge in [-0.1, -0.05) is 0 Å². The minimum absolute atomic E-state index is 0.0374. The number of H-pyrrole nitrogens is 1. The van der Waals surface area contributed by atoms with Gasteiger partial charge in [-0.3, -0.25) is 4.79 Å². The van der Waals surface area contributed by atoms with Gasteiger partial charge in [-0.15, -0.1) is 11.3 Å². The lowest BCUT2D eigenvalue weighted by Crippen LogP contribution is -2.38. The lowest BCUT2D eigenvalue weighted by molar-refractivity contribution is 0.0605. The van der Waals surface area contributed by atoms with E-state index in [0.717, 1.165) is 57.9 Å². The molecule has 0 radical (unpaired) electrons. The maximum atomic E-state index is 13.3. The lowest BCUT2D eigenvalue weighted by atomic mass is 10.0. The molecule has 130 valence electrons. The molecule has 1 atom stereocenters. The van der Waals surface area contributed by atoms with Crippen LogP contribution < -0.4 is 4.74 Å². The number of hydrogen-bond acceptors (Lipinski definition) is 4. The molecule has 2 aromatic heterocycles. The van der Waals surface area contributed by atoms with Crippen LogP contribution in [-0.4, -0.2) is 34.4 Å². The Morgan fingerprint density at radius 2 is 2.28 bits per heavy atom. The molecule has 0 spiro atoms. The summed E-state index contributed by atoms with van der Waals surface area (Å²) in [5.41, 5.74) is 1.03. The Labute approximate surface area is 150 Å². The number of fused-ring (bicyclic) bond motifs is 1. The highest BCUT2D eigenvalue weighted by molar-refractivity contribution is 7.21. The van der Waals surface area contributed by atoms with Crippen LogP contribution in [0.15, 0.2) is 30.6 Å². The van der Waals surface area contributed by atoms with Gasteiger partial charge < -0.3 is 14.6 Å². The third-order valence-electron chi connectivity index (χ3n) is 4.94. The standard InChI is InChI=1S/C19H21N3O2S/c1-12-14-11-13(24-2)6-7-16(14)25-17(12)19(23)22-10-4-3-5-15(22)18-20-8-9-21-18/h6-9,11,15H,3-5,10H2,1-2H3,(H,20,21). The Hall–Kier alpha value is -2.34. The number of aromatic nitrogens is 2. The van der Waals surface area contributed by atoms with E-state index in [9.17, 15) is 4.79 Å². The van der Waals surface area contributed by atoms with E-state index in [4.69, 9.17) is 4.74 Å². The second-order valence-corrected chi connectivity index (χ2v) is 7.46. The molecule has 25 heavy (non-hydrogen) atoms. The SMILES string of the molecule is COc1ccc2sc(C(=O)N3CCCCC3c3ncc[nH]3)c(C)c2c1. The normalized spacial score (nSPS) is 17.8. The van der Waals surface area contributed by atoms with Gasteiger partial charge in [0, 0.05) is 23.6 Å². The van der Waals surface area contributed by atoms with Crippen molar-refractivity contribution in [3.8, 4) is 5.75 Å². The number of thiophene rings is 1. The summed E-state index contributed by atoms with van der Waals surface area (Å²) in [6.07, 6.45) is 6.70. The zero-order valence-corrected chi connectivity index (χ0v) is 15.2. The number of likely N-dealkylation sites (tertiary alicyclic amines) is 1. The van der Waals surface area contributed by atoms with Crippen molar-refractivity contribution in [1.29, 1.82) is 0 Å². The Balaban J connectivity index is 1.72. The molecule has 1 aromatic carbocycles. The Morgan fingerprint density at radius 1 is 1.40 bits per heavy atom. The molecule has 1 aliphatic rings. The van der Waals surface area contributed by atoms with Gasteiger partial charge in [-0.25, -0.2) is 4.98 Å². The van der Waals surface area contributed by atoms with E-state index >= 15 is 0 Å². The minimum atomic E-state index is 0.0374. The first-order chi connectivity index (χ1) is 12.2. The van der Waals surface area contributed by atoms with E-state index in [1.54, 1.807) is 24.6 Å². The number of nitrogens with zero attached hydrogens (tertiary/aromatic N) is 2. The number of aromatic amines is 1. The van der Waals surface area contributed by atoms with Gasteiger partial charge in [0.25, 0.3) is 5.91 Å².